The van der Waals surface area contributed by atoms with Crippen LogP contribution in [0.2, 0.25) is 0 Å². The fraction of sp³-hybridized carbons (Fsp3) is 0.545. The van der Waals surface area contributed by atoms with E-state index in [0.717, 1.165) is 50.3 Å². The summed E-state index contributed by atoms with van der Waals surface area (Å²) in [5.41, 5.74) is 3.34. The van der Waals surface area contributed by atoms with Crippen LogP contribution in [0.25, 0.3) is 0 Å². The Morgan fingerprint density at radius 2 is 1.93 bits per heavy atom. The van der Waals surface area contributed by atoms with Gasteiger partial charge in [-0.2, -0.15) is 5.10 Å². The molecule has 1 fully saturated rings. The van der Waals surface area contributed by atoms with Gasteiger partial charge in [0.15, 0.2) is 0 Å². The Bertz CT molecular complexity index is 733. The van der Waals surface area contributed by atoms with E-state index in [1.807, 2.05) is 41.6 Å². The molecule has 2 aromatic rings. The van der Waals surface area contributed by atoms with Gasteiger partial charge in [0, 0.05) is 31.7 Å². The predicted octanol–water partition coefficient (Wildman–Crippen LogP) is 3.12. The molecule has 0 bridgehead atoms. The Kier molecular flexibility index (Phi) is 6.67. The summed E-state index contributed by atoms with van der Waals surface area (Å²) in [5.74, 6) is 0.511. The first-order chi connectivity index (χ1) is 13.0. The normalized spacial score (nSPS) is 16.5. The largest absolute Gasteiger partial charge is 0.392 e. The topological polar surface area (TPSA) is 58.4 Å². The second-order valence-corrected chi connectivity index (χ2v) is 7.73. The van der Waals surface area contributed by atoms with Gasteiger partial charge in [0.2, 0.25) is 5.91 Å². The zero-order valence-corrected chi connectivity index (χ0v) is 16.5. The molecule has 27 heavy (non-hydrogen) atoms. The summed E-state index contributed by atoms with van der Waals surface area (Å²) in [6.07, 6.45) is 3.53. The van der Waals surface area contributed by atoms with E-state index in [1.165, 1.54) is 5.56 Å². The number of rotatable bonds is 7. The Balaban J connectivity index is 1.39. The van der Waals surface area contributed by atoms with E-state index in [-0.39, 0.29) is 17.9 Å². The van der Waals surface area contributed by atoms with Gasteiger partial charge in [0.25, 0.3) is 0 Å². The maximum atomic E-state index is 12.5. The lowest BCUT2D eigenvalue weighted by atomic mass is 9.88. The van der Waals surface area contributed by atoms with Gasteiger partial charge in [0.1, 0.15) is 0 Å². The minimum atomic E-state index is -0.323. The molecule has 1 amide bonds. The van der Waals surface area contributed by atoms with Crippen LogP contribution < -0.4 is 0 Å². The predicted molar refractivity (Wildman–Crippen MR) is 106 cm³/mol. The average Bonchev–Trinajstić information content (AvgIpc) is 2.99. The first-order valence-electron chi connectivity index (χ1n) is 10.0. The number of aryl methyl sites for hydroxylation is 3. The van der Waals surface area contributed by atoms with Gasteiger partial charge < -0.3 is 10.0 Å². The highest BCUT2D eigenvalue weighted by atomic mass is 16.3. The zero-order chi connectivity index (χ0) is 19.2. The summed E-state index contributed by atoms with van der Waals surface area (Å²) in [4.78, 5) is 14.4. The summed E-state index contributed by atoms with van der Waals surface area (Å²) in [6, 6.07) is 12.2. The molecule has 1 atom stereocenters. The summed E-state index contributed by atoms with van der Waals surface area (Å²) < 4.78 is 1.98. The number of aromatic nitrogens is 2. The molecule has 5 nitrogen and oxygen atoms in total. The first kappa shape index (κ1) is 19.6. The number of carbonyl (C=O) groups excluding carboxylic acids is 1. The van der Waals surface area contributed by atoms with Crippen LogP contribution >= 0.6 is 0 Å². The monoisotopic (exact) mass is 369 g/mol. The Hall–Kier alpha value is -2.14. The molecular weight excluding hydrogens is 338 g/mol. The molecule has 0 radical (unpaired) electrons. The van der Waals surface area contributed by atoms with Gasteiger partial charge in [-0.05, 0) is 57.1 Å². The van der Waals surface area contributed by atoms with Crippen molar-refractivity contribution in [1.82, 2.24) is 14.7 Å². The molecule has 5 heteroatoms. The van der Waals surface area contributed by atoms with Crippen molar-refractivity contribution in [1.29, 1.82) is 0 Å². The quantitative estimate of drug-likeness (QED) is 0.816. The van der Waals surface area contributed by atoms with Gasteiger partial charge in [-0.15, -0.1) is 0 Å². The maximum Gasteiger partial charge on any atom is 0.222 e. The van der Waals surface area contributed by atoms with Gasteiger partial charge >= 0.3 is 0 Å². The van der Waals surface area contributed by atoms with Crippen LogP contribution in [0.4, 0.5) is 0 Å². The minimum Gasteiger partial charge on any atom is -0.392 e. The lowest BCUT2D eigenvalue weighted by Crippen LogP contribution is -2.41. The molecule has 3 rings (SSSR count). The molecule has 1 aliphatic rings. The number of piperidine rings is 1. The van der Waals surface area contributed by atoms with Crippen molar-refractivity contribution in [2.75, 3.05) is 13.1 Å². The van der Waals surface area contributed by atoms with Crippen LogP contribution in [0, 0.1) is 19.8 Å². The van der Waals surface area contributed by atoms with E-state index in [4.69, 9.17) is 0 Å². The third-order valence-corrected chi connectivity index (χ3v) is 5.59. The molecule has 1 aliphatic heterocycles. The summed E-state index contributed by atoms with van der Waals surface area (Å²) >= 11 is 0. The number of amides is 1. The van der Waals surface area contributed by atoms with Crippen LogP contribution in [0.15, 0.2) is 36.4 Å². The van der Waals surface area contributed by atoms with Crippen molar-refractivity contribution in [2.24, 2.45) is 5.92 Å². The number of aliphatic hydroxyl groups is 1. The second kappa shape index (κ2) is 9.18. The number of carbonyl (C=O) groups is 1. The van der Waals surface area contributed by atoms with E-state index < -0.39 is 0 Å². The Labute approximate surface area is 162 Å². The lowest BCUT2D eigenvalue weighted by molar-refractivity contribution is -0.133. The van der Waals surface area contributed by atoms with Crippen molar-refractivity contribution in [2.45, 2.75) is 58.6 Å². The third kappa shape index (κ3) is 5.42. The third-order valence-electron chi connectivity index (χ3n) is 5.59. The van der Waals surface area contributed by atoms with Crippen molar-refractivity contribution in [3.8, 4) is 0 Å². The van der Waals surface area contributed by atoms with Gasteiger partial charge in [0.05, 0.1) is 11.8 Å². The number of nitrogens with zero attached hydrogens (tertiary/aromatic N) is 3. The highest BCUT2D eigenvalue weighted by Crippen LogP contribution is 2.23. The molecular formula is C22H31N3O2. The van der Waals surface area contributed by atoms with E-state index in [2.05, 4.69) is 23.3 Å². The highest BCUT2D eigenvalue weighted by Gasteiger charge is 2.27. The Morgan fingerprint density at radius 1 is 1.22 bits per heavy atom. The van der Waals surface area contributed by atoms with E-state index >= 15 is 0 Å². The fourth-order valence-electron chi connectivity index (χ4n) is 4.00. The van der Waals surface area contributed by atoms with Gasteiger partial charge in [-0.3, -0.25) is 9.48 Å². The van der Waals surface area contributed by atoms with Gasteiger partial charge in [-0.1, -0.05) is 30.3 Å². The molecule has 1 aromatic carbocycles. The molecule has 0 saturated carbocycles. The first-order valence-corrected chi connectivity index (χ1v) is 10.0. The zero-order valence-electron chi connectivity index (χ0n) is 16.5. The fourth-order valence-corrected chi connectivity index (χ4v) is 4.00. The number of benzene rings is 1. The van der Waals surface area contributed by atoms with Gasteiger partial charge in [-0.25, -0.2) is 0 Å². The van der Waals surface area contributed by atoms with Crippen LogP contribution in [-0.4, -0.2) is 44.9 Å². The molecule has 2 heterocycles. The van der Waals surface area contributed by atoms with Crippen molar-refractivity contribution >= 4 is 5.91 Å². The molecule has 1 aromatic heterocycles. The standard InChI is InChI=1S/C22H31N3O2/c1-17-15-18(2)25(23-17)12-6-9-22(27)24-13-10-20(11-14-24)21(26)16-19-7-4-3-5-8-19/h3-5,7-8,15,20-21,26H,6,9-14,16H2,1-2H3. The molecule has 0 spiro atoms. The second-order valence-electron chi connectivity index (χ2n) is 7.73. The van der Waals surface area contributed by atoms with Crippen LogP contribution in [-0.2, 0) is 17.8 Å². The van der Waals surface area contributed by atoms with Crippen LogP contribution in [0.5, 0.6) is 0 Å². The van der Waals surface area contributed by atoms with Crippen molar-refractivity contribution < 1.29 is 9.90 Å². The highest BCUT2D eigenvalue weighted by molar-refractivity contribution is 5.76. The summed E-state index contributed by atoms with van der Waals surface area (Å²) in [7, 11) is 0. The molecule has 1 N–H and O–H groups in total. The molecule has 146 valence electrons. The number of hydrogen-bond acceptors (Lipinski definition) is 3. The summed E-state index contributed by atoms with van der Waals surface area (Å²) in [6.45, 7) is 6.35. The van der Waals surface area contributed by atoms with E-state index in [9.17, 15) is 9.90 Å². The smallest absolute Gasteiger partial charge is 0.222 e. The molecule has 0 aliphatic carbocycles. The van der Waals surface area contributed by atoms with Crippen LogP contribution in [0.3, 0.4) is 0 Å². The minimum absolute atomic E-state index is 0.229. The van der Waals surface area contributed by atoms with Crippen molar-refractivity contribution in [3.05, 3.63) is 53.3 Å². The number of aliphatic hydroxyl groups excluding tert-OH is 1. The average molecular weight is 370 g/mol. The molecule has 1 saturated heterocycles. The van der Waals surface area contributed by atoms with Crippen molar-refractivity contribution in [3.63, 3.8) is 0 Å². The number of hydrogen-bond donors (Lipinski definition) is 1. The molecule has 1 unspecified atom stereocenters. The Morgan fingerprint density at radius 3 is 2.56 bits per heavy atom. The van der Waals surface area contributed by atoms with Crippen LogP contribution in [0.1, 0.15) is 42.6 Å². The van der Waals surface area contributed by atoms with E-state index in [0.29, 0.717) is 12.8 Å². The van der Waals surface area contributed by atoms with E-state index in [1.54, 1.807) is 0 Å². The summed E-state index contributed by atoms with van der Waals surface area (Å²) in [5, 5.41) is 15.0. The maximum absolute atomic E-state index is 12.5. The number of likely N-dealkylation sites (tertiary alicyclic amines) is 1. The SMILES string of the molecule is Cc1cc(C)n(CCCC(=O)N2CCC(C(O)Cc3ccccc3)CC2)n1. The lowest BCUT2D eigenvalue weighted by Gasteiger charge is -2.34.